The van der Waals surface area contributed by atoms with E-state index in [1.165, 1.54) is 12.1 Å². The summed E-state index contributed by atoms with van der Waals surface area (Å²) in [5.41, 5.74) is 5.57. The second-order valence-electron chi connectivity index (χ2n) is 8.05. The van der Waals surface area contributed by atoms with Crippen LogP contribution in [-0.4, -0.2) is 42.0 Å². The van der Waals surface area contributed by atoms with Crippen molar-refractivity contribution in [3.63, 3.8) is 0 Å². The average Bonchev–Trinajstić information content (AvgIpc) is 2.63. The Morgan fingerprint density at radius 3 is 2.70 bits per heavy atom. The van der Waals surface area contributed by atoms with Gasteiger partial charge in [0, 0.05) is 25.2 Å². The van der Waals surface area contributed by atoms with Crippen LogP contribution in [0.3, 0.4) is 0 Å². The SMILES string of the molecule is CC(C)CC(C)(CN)NC(=O)C1CCCN(C(=O)Nc2ccccc2F)C1. The predicted molar refractivity (Wildman–Crippen MR) is 105 cm³/mol. The van der Waals surface area contributed by atoms with E-state index in [4.69, 9.17) is 5.73 Å². The Morgan fingerprint density at radius 2 is 2.07 bits per heavy atom. The van der Waals surface area contributed by atoms with Gasteiger partial charge in [-0.1, -0.05) is 26.0 Å². The zero-order chi connectivity index (χ0) is 20.0. The van der Waals surface area contributed by atoms with Crippen LogP contribution >= 0.6 is 0 Å². The van der Waals surface area contributed by atoms with E-state index in [1.807, 2.05) is 6.92 Å². The Hall–Kier alpha value is -2.15. The normalized spacial score (nSPS) is 19.5. The van der Waals surface area contributed by atoms with Gasteiger partial charge in [-0.15, -0.1) is 0 Å². The molecule has 3 amide bonds. The maximum atomic E-state index is 13.7. The molecule has 1 fully saturated rings. The van der Waals surface area contributed by atoms with Gasteiger partial charge in [-0.25, -0.2) is 9.18 Å². The number of carbonyl (C=O) groups excluding carboxylic acids is 2. The third-order valence-electron chi connectivity index (χ3n) is 4.93. The van der Waals surface area contributed by atoms with Crippen LogP contribution in [0.4, 0.5) is 14.9 Å². The summed E-state index contributed by atoms with van der Waals surface area (Å²) in [6.07, 6.45) is 2.24. The van der Waals surface area contributed by atoms with E-state index in [2.05, 4.69) is 24.5 Å². The lowest BCUT2D eigenvalue weighted by Gasteiger charge is -2.36. The van der Waals surface area contributed by atoms with Crippen molar-refractivity contribution in [2.24, 2.45) is 17.6 Å². The van der Waals surface area contributed by atoms with E-state index < -0.39 is 11.4 Å². The molecule has 7 heteroatoms. The Kier molecular flexibility index (Phi) is 7.18. The molecule has 0 aliphatic carbocycles. The first-order chi connectivity index (χ1) is 12.7. The highest BCUT2D eigenvalue weighted by atomic mass is 19.1. The molecule has 1 aliphatic rings. The third kappa shape index (κ3) is 5.92. The smallest absolute Gasteiger partial charge is 0.321 e. The summed E-state index contributed by atoms with van der Waals surface area (Å²) in [6, 6.07) is 5.65. The number of halogens is 1. The minimum Gasteiger partial charge on any atom is -0.349 e. The summed E-state index contributed by atoms with van der Waals surface area (Å²) in [5.74, 6) is -0.437. The first-order valence-corrected chi connectivity index (χ1v) is 9.56. The van der Waals surface area contributed by atoms with Crippen molar-refractivity contribution < 1.29 is 14.0 Å². The van der Waals surface area contributed by atoms with Gasteiger partial charge in [0.25, 0.3) is 0 Å². The topological polar surface area (TPSA) is 87.5 Å². The van der Waals surface area contributed by atoms with Gasteiger partial charge in [-0.2, -0.15) is 0 Å². The van der Waals surface area contributed by atoms with Crippen LogP contribution in [0.5, 0.6) is 0 Å². The number of amides is 3. The number of para-hydroxylation sites is 1. The highest BCUT2D eigenvalue weighted by molar-refractivity contribution is 5.90. The molecule has 0 spiro atoms. The summed E-state index contributed by atoms with van der Waals surface area (Å²) in [4.78, 5) is 26.8. The van der Waals surface area contributed by atoms with E-state index in [1.54, 1.807) is 17.0 Å². The van der Waals surface area contributed by atoms with Crippen LogP contribution in [-0.2, 0) is 4.79 Å². The van der Waals surface area contributed by atoms with Crippen LogP contribution in [0.25, 0.3) is 0 Å². The van der Waals surface area contributed by atoms with Gasteiger partial charge < -0.3 is 21.3 Å². The van der Waals surface area contributed by atoms with Crippen molar-refractivity contribution in [2.75, 3.05) is 25.0 Å². The number of carbonyl (C=O) groups is 2. The number of piperidine rings is 1. The maximum absolute atomic E-state index is 13.7. The molecule has 1 aliphatic heterocycles. The van der Waals surface area contributed by atoms with Gasteiger partial charge >= 0.3 is 6.03 Å². The highest BCUT2D eigenvalue weighted by Gasteiger charge is 2.33. The third-order valence-corrected chi connectivity index (χ3v) is 4.93. The molecule has 2 atom stereocenters. The van der Waals surface area contributed by atoms with E-state index in [0.29, 0.717) is 25.6 Å². The van der Waals surface area contributed by atoms with E-state index in [9.17, 15) is 14.0 Å². The molecule has 1 saturated heterocycles. The molecule has 2 unspecified atom stereocenters. The molecule has 0 bridgehead atoms. The molecule has 1 aromatic rings. The standard InChI is InChI=1S/C20H31FN4O2/c1-14(2)11-20(3,13-22)24-18(26)15-7-6-10-25(12-15)19(27)23-17-9-5-4-8-16(17)21/h4-5,8-9,14-15H,6-7,10-13,22H2,1-3H3,(H,23,27)(H,24,26). The summed E-state index contributed by atoms with van der Waals surface area (Å²) in [6.45, 7) is 7.36. The van der Waals surface area contributed by atoms with Gasteiger partial charge in [0.1, 0.15) is 5.82 Å². The number of benzene rings is 1. The number of hydrogen-bond acceptors (Lipinski definition) is 3. The van der Waals surface area contributed by atoms with Crippen molar-refractivity contribution in [1.82, 2.24) is 10.2 Å². The first-order valence-electron chi connectivity index (χ1n) is 9.56. The van der Waals surface area contributed by atoms with E-state index >= 15 is 0 Å². The van der Waals surface area contributed by atoms with Crippen molar-refractivity contribution in [3.05, 3.63) is 30.1 Å². The lowest BCUT2D eigenvalue weighted by molar-refractivity contribution is -0.128. The molecule has 1 aromatic carbocycles. The van der Waals surface area contributed by atoms with Gasteiger partial charge in [0.2, 0.25) is 5.91 Å². The fourth-order valence-corrected chi connectivity index (χ4v) is 3.62. The molecule has 1 heterocycles. The lowest BCUT2D eigenvalue weighted by Crippen LogP contribution is -2.56. The Balaban J connectivity index is 1.97. The average molecular weight is 378 g/mol. The second kappa shape index (κ2) is 9.17. The summed E-state index contributed by atoms with van der Waals surface area (Å²) < 4.78 is 13.7. The maximum Gasteiger partial charge on any atom is 0.321 e. The van der Waals surface area contributed by atoms with E-state index in [0.717, 1.165) is 19.3 Å². The van der Waals surface area contributed by atoms with Gasteiger partial charge in [0.15, 0.2) is 0 Å². The zero-order valence-corrected chi connectivity index (χ0v) is 16.4. The fourth-order valence-electron chi connectivity index (χ4n) is 3.62. The zero-order valence-electron chi connectivity index (χ0n) is 16.4. The van der Waals surface area contributed by atoms with Crippen molar-refractivity contribution in [3.8, 4) is 0 Å². The molecule has 0 radical (unpaired) electrons. The number of nitrogens with zero attached hydrogens (tertiary/aromatic N) is 1. The molecular weight excluding hydrogens is 347 g/mol. The number of anilines is 1. The minimum absolute atomic E-state index is 0.0769. The quantitative estimate of drug-likeness (QED) is 0.711. The molecular formula is C20H31FN4O2. The lowest BCUT2D eigenvalue weighted by atomic mass is 9.89. The summed E-state index contributed by atoms with van der Waals surface area (Å²) >= 11 is 0. The molecule has 0 aromatic heterocycles. The molecule has 2 rings (SSSR count). The largest absolute Gasteiger partial charge is 0.349 e. The van der Waals surface area contributed by atoms with Crippen LogP contribution in [0, 0.1) is 17.7 Å². The first kappa shape index (κ1) is 21.2. The van der Waals surface area contributed by atoms with Gasteiger partial charge in [0.05, 0.1) is 11.6 Å². The Labute approximate surface area is 160 Å². The van der Waals surface area contributed by atoms with Crippen molar-refractivity contribution in [1.29, 1.82) is 0 Å². The van der Waals surface area contributed by atoms with E-state index in [-0.39, 0.29) is 23.5 Å². The van der Waals surface area contributed by atoms with Crippen molar-refractivity contribution >= 4 is 17.6 Å². The Morgan fingerprint density at radius 1 is 1.37 bits per heavy atom. The molecule has 4 N–H and O–H groups in total. The Bertz CT molecular complexity index is 667. The number of rotatable bonds is 6. The van der Waals surface area contributed by atoms with Crippen LogP contribution < -0.4 is 16.4 Å². The van der Waals surface area contributed by atoms with Gasteiger partial charge in [-0.3, -0.25) is 4.79 Å². The minimum atomic E-state index is -0.482. The number of likely N-dealkylation sites (tertiary alicyclic amines) is 1. The number of nitrogens with one attached hydrogen (secondary N) is 2. The van der Waals surface area contributed by atoms with Crippen molar-refractivity contribution in [2.45, 2.75) is 45.6 Å². The number of nitrogens with two attached hydrogens (primary N) is 1. The van der Waals surface area contributed by atoms with Gasteiger partial charge in [-0.05, 0) is 44.2 Å². The molecule has 27 heavy (non-hydrogen) atoms. The fraction of sp³-hybridized carbons (Fsp3) is 0.600. The molecule has 150 valence electrons. The van der Waals surface area contributed by atoms with Crippen LogP contribution in [0.2, 0.25) is 0 Å². The van der Waals surface area contributed by atoms with Crippen LogP contribution in [0.1, 0.15) is 40.0 Å². The van der Waals surface area contributed by atoms with Crippen LogP contribution in [0.15, 0.2) is 24.3 Å². The predicted octanol–water partition coefficient (Wildman–Crippen LogP) is 2.95. The highest BCUT2D eigenvalue weighted by Crippen LogP contribution is 2.22. The summed E-state index contributed by atoms with van der Waals surface area (Å²) in [7, 11) is 0. The summed E-state index contributed by atoms with van der Waals surface area (Å²) in [5, 5.41) is 5.67. The monoisotopic (exact) mass is 378 g/mol. The second-order valence-corrected chi connectivity index (χ2v) is 8.05. The number of urea groups is 1. The molecule has 0 saturated carbocycles. The molecule has 6 nitrogen and oxygen atoms in total. The number of hydrogen-bond donors (Lipinski definition) is 3.